The van der Waals surface area contributed by atoms with Crippen LogP contribution in [0.4, 0.5) is 0 Å². The second kappa shape index (κ2) is 4.23. The van der Waals surface area contributed by atoms with Crippen LogP contribution in [0.15, 0.2) is 35.4 Å². The number of aromatic nitrogens is 7. The lowest BCUT2D eigenvalue weighted by Crippen LogP contribution is -2.13. The number of para-hydroxylation sites is 1. The average molecular weight is 281 g/mol. The summed E-state index contributed by atoms with van der Waals surface area (Å²) in [6, 6.07) is 7.56. The lowest BCUT2D eigenvalue weighted by Gasteiger charge is -1.99. The summed E-state index contributed by atoms with van der Waals surface area (Å²) in [6.07, 6.45) is 1.98. The van der Waals surface area contributed by atoms with Gasteiger partial charge >= 0.3 is 0 Å². The second-order valence-electron chi connectivity index (χ2n) is 4.58. The van der Waals surface area contributed by atoms with E-state index >= 15 is 0 Å². The summed E-state index contributed by atoms with van der Waals surface area (Å²) in [4.78, 5) is 19.1. The molecule has 0 aliphatic carbocycles. The van der Waals surface area contributed by atoms with Crippen molar-refractivity contribution in [1.29, 1.82) is 0 Å². The quantitative estimate of drug-likeness (QED) is 0.584. The Morgan fingerprint density at radius 3 is 3.00 bits per heavy atom. The number of H-pyrrole nitrogens is 1. The molecule has 4 aromatic rings. The molecule has 0 radical (unpaired) electrons. The number of benzene rings is 1. The molecule has 0 bridgehead atoms. The summed E-state index contributed by atoms with van der Waals surface area (Å²) in [6.45, 7) is 1.94. The first-order valence-corrected chi connectivity index (χ1v) is 6.55. The highest BCUT2D eigenvalue weighted by Gasteiger charge is 2.17. The van der Waals surface area contributed by atoms with Crippen LogP contribution in [0.3, 0.4) is 0 Å². The van der Waals surface area contributed by atoms with Gasteiger partial charge < -0.3 is 4.98 Å². The Morgan fingerprint density at radius 1 is 1.29 bits per heavy atom. The van der Waals surface area contributed by atoms with Gasteiger partial charge in [-0.05, 0) is 18.6 Å². The summed E-state index contributed by atoms with van der Waals surface area (Å²) in [5.41, 5.74) is 2.48. The van der Waals surface area contributed by atoms with E-state index < -0.39 is 0 Å². The monoisotopic (exact) mass is 281 g/mol. The summed E-state index contributed by atoms with van der Waals surface area (Å²) in [5, 5.41) is 12.4. The van der Waals surface area contributed by atoms with Crippen molar-refractivity contribution in [3.8, 4) is 5.95 Å². The Labute approximate surface area is 118 Å². The molecule has 0 unspecified atom stereocenters. The van der Waals surface area contributed by atoms with Crippen molar-refractivity contribution >= 4 is 16.6 Å². The molecule has 0 aliphatic rings. The van der Waals surface area contributed by atoms with E-state index in [0.29, 0.717) is 23.6 Å². The SMILES string of the molecule is CCc1nc(-n2nnc3ccccc32)n2nc[nH]c(=O)c12. The van der Waals surface area contributed by atoms with E-state index in [2.05, 4.69) is 25.4 Å². The third-order valence-corrected chi connectivity index (χ3v) is 3.37. The average Bonchev–Trinajstić information content (AvgIpc) is 3.08. The molecule has 0 saturated heterocycles. The molecular formula is C13H11N7O. The van der Waals surface area contributed by atoms with Gasteiger partial charge in [0, 0.05) is 0 Å². The number of hydrogen-bond donors (Lipinski definition) is 1. The standard InChI is InChI=1S/C13H11N7O/c1-2-8-11-12(21)14-7-15-20(11)13(16-8)19-10-6-4-3-5-9(10)17-18-19/h3-7H,2H2,1H3,(H,14,15,21). The molecule has 8 heteroatoms. The van der Waals surface area contributed by atoms with Gasteiger partial charge in [-0.3, -0.25) is 4.79 Å². The van der Waals surface area contributed by atoms with Crippen molar-refractivity contribution in [2.45, 2.75) is 13.3 Å². The fourth-order valence-electron chi connectivity index (χ4n) is 2.39. The molecule has 0 amide bonds. The fraction of sp³-hybridized carbons (Fsp3) is 0.154. The van der Waals surface area contributed by atoms with Crippen molar-refractivity contribution in [1.82, 2.24) is 34.6 Å². The molecule has 3 aromatic heterocycles. The minimum atomic E-state index is -0.218. The molecule has 3 heterocycles. The zero-order valence-corrected chi connectivity index (χ0v) is 11.2. The molecule has 1 aromatic carbocycles. The summed E-state index contributed by atoms with van der Waals surface area (Å²) >= 11 is 0. The van der Waals surface area contributed by atoms with E-state index in [-0.39, 0.29) is 5.56 Å². The number of aryl methyl sites for hydroxylation is 1. The third-order valence-electron chi connectivity index (χ3n) is 3.37. The largest absolute Gasteiger partial charge is 0.310 e. The predicted octanol–water partition coefficient (Wildman–Crippen LogP) is 0.714. The number of nitrogens with one attached hydrogen (secondary N) is 1. The Balaban J connectivity index is 2.12. The number of rotatable bonds is 2. The highest BCUT2D eigenvalue weighted by atomic mass is 16.1. The van der Waals surface area contributed by atoms with Crippen molar-refractivity contribution in [3.05, 3.63) is 46.6 Å². The molecule has 0 fully saturated rings. The van der Waals surface area contributed by atoms with Crippen molar-refractivity contribution < 1.29 is 0 Å². The zero-order valence-electron chi connectivity index (χ0n) is 11.2. The molecule has 0 spiro atoms. The number of fused-ring (bicyclic) bond motifs is 2. The summed E-state index contributed by atoms with van der Waals surface area (Å²) in [5.74, 6) is 0.460. The highest BCUT2D eigenvalue weighted by Crippen LogP contribution is 2.17. The Morgan fingerprint density at radius 2 is 2.14 bits per heavy atom. The zero-order chi connectivity index (χ0) is 14.4. The molecule has 0 aliphatic heterocycles. The Bertz CT molecular complexity index is 1010. The van der Waals surface area contributed by atoms with E-state index in [1.807, 2.05) is 31.2 Å². The van der Waals surface area contributed by atoms with Gasteiger partial charge in [0.1, 0.15) is 11.8 Å². The van der Waals surface area contributed by atoms with E-state index in [0.717, 1.165) is 11.0 Å². The van der Waals surface area contributed by atoms with Gasteiger partial charge in [-0.2, -0.15) is 14.3 Å². The van der Waals surface area contributed by atoms with Crippen LogP contribution in [0, 0.1) is 0 Å². The van der Waals surface area contributed by atoms with Crippen LogP contribution in [0.25, 0.3) is 22.5 Å². The van der Waals surface area contributed by atoms with Gasteiger partial charge in [-0.25, -0.2) is 4.98 Å². The highest BCUT2D eigenvalue weighted by molar-refractivity contribution is 5.75. The Kier molecular flexibility index (Phi) is 2.37. The molecule has 21 heavy (non-hydrogen) atoms. The van der Waals surface area contributed by atoms with Crippen LogP contribution in [0.2, 0.25) is 0 Å². The van der Waals surface area contributed by atoms with Gasteiger partial charge in [0.2, 0.25) is 0 Å². The molecule has 0 atom stereocenters. The maximum Gasteiger partial charge on any atom is 0.277 e. The third kappa shape index (κ3) is 1.59. The molecule has 104 valence electrons. The van der Waals surface area contributed by atoms with Crippen LogP contribution in [-0.4, -0.2) is 34.6 Å². The number of aromatic amines is 1. The molecule has 0 saturated carbocycles. The first-order chi connectivity index (χ1) is 10.3. The lowest BCUT2D eigenvalue weighted by atomic mass is 10.3. The molecule has 1 N–H and O–H groups in total. The van der Waals surface area contributed by atoms with Crippen LogP contribution < -0.4 is 5.56 Å². The Hall–Kier alpha value is -3.03. The van der Waals surface area contributed by atoms with Gasteiger partial charge in [0.15, 0.2) is 5.52 Å². The number of nitrogens with zero attached hydrogens (tertiary/aromatic N) is 6. The van der Waals surface area contributed by atoms with Gasteiger partial charge in [-0.1, -0.05) is 24.3 Å². The van der Waals surface area contributed by atoms with E-state index in [9.17, 15) is 4.79 Å². The predicted molar refractivity (Wildman–Crippen MR) is 75.4 cm³/mol. The number of hydrogen-bond acceptors (Lipinski definition) is 5. The van der Waals surface area contributed by atoms with E-state index in [1.54, 1.807) is 4.68 Å². The molecule has 8 nitrogen and oxygen atoms in total. The van der Waals surface area contributed by atoms with Crippen molar-refractivity contribution in [2.75, 3.05) is 0 Å². The number of imidazole rings is 1. The molecule has 4 rings (SSSR count). The molecular weight excluding hydrogens is 270 g/mol. The summed E-state index contributed by atoms with van der Waals surface area (Å²) in [7, 11) is 0. The smallest absolute Gasteiger partial charge is 0.277 e. The first kappa shape index (κ1) is 11.8. The topological polar surface area (TPSA) is 93.8 Å². The van der Waals surface area contributed by atoms with Gasteiger partial charge in [-0.15, -0.1) is 5.10 Å². The van der Waals surface area contributed by atoms with Gasteiger partial charge in [0.25, 0.3) is 11.5 Å². The second-order valence-corrected chi connectivity index (χ2v) is 4.58. The summed E-state index contributed by atoms with van der Waals surface area (Å²) < 4.78 is 3.09. The van der Waals surface area contributed by atoms with E-state index in [1.165, 1.54) is 10.8 Å². The van der Waals surface area contributed by atoms with Crippen LogP contribution in [-0.2, 0) is 6.42 Å². The van der Waals surface area contributed by atoms with Crippen molar-refractivity contribution in [2.24, 2.45) is 0 Å². The lowest BCUT2D eigenvalue weighted by molar-refractivity contribution is 0.734. The minimum absolute atomic E-state index is 0.218. The fourth-order valence-corrected chi connectivity index (χ4v) is 2.39. The van der Waals surface area contributed by atoms with Crippen molar-refractivity contribution in [3.63, 3.8) is 0 Å². The van der Waals surface area contributed by atoms with Gasteiger partial charge in [0.05, 0.1) is 11.2 Å². The van der Waals surface area contributed by atoms with Crippen LogP contribution in [0.5, 0.6) is 0 Å². The maximum absolute atomic E-state index is 12.0. The maximum atomic E-state index is 12.0. The van der Waals surface area contributed by atoms with Crippen LogP contribution >= 0.6 is 0 Å². The minimum Gasteiger partial charge on any atom is -0.310 e. The van der Waals surface area contributed by atoms with E-state index in [4.69, 9.17) is 0 Å². The first-order valence-electron chi connectivity index (χ1n) is 6.55. The van der Waals surface area contributed by atoms with Crippen LogP contribution in [0.1, 0.15) is 12.6 Å². The normalized spacial score (nSPS) is 11.5.